The number of sulfonamides is 1. The van der Waals surface area contributed by atoms with E-state index in [1.165, 1.54) is 35.7 Å². The van der Waals surface area contributed by atoms with Crippen LogP contribution in [0.2, 0.25) is 0 Å². The Hall–Kier alpha value is -3.53. The van der Waals surface area contributed by atoms with Crippen molar-refractivity contribution in [2.45, 2.75) is 37.9 Å². The predicted molar refractivity (Wildman–Crippen MR) is 130 cm³/mol. The predicted octanol–water partition coefficient (Wildman–Crippen LogP) is 5.85. The molecule has 0 heterocycles. The Balaban J connectivity index is 1.78. The smallest absolute Gasteiger partial charge is 0.416 e. The summed E-state index contributed by atoms with van der Waals surface area (Å²) in [4.78, 5) is 12.1. The third-order valence-electron chi connectivity index (χ3n) is 5.55. The lowest BCUT2D eigenvalue weighted by Gasteiger charge is -2.23. The SMILES string of the molecule is CCc1ccc(S(=O)(=O)N(CC)c2ccc(OCc3ccc(C(F)(F)F)cc3)cc2)cc1C(=O)OC. The van der Waals surface area contributed by atoms with Crippen LogP contribution in [0.25, 0.3) is 0 Å². The third kappa shape index (κ3) is 5.99. The molecule has 0 spiro atoms. The van der Waals surface area contributed by atoms with Crippen LogP contribution < -0.4 is 9.04 Å². The Labute approximate surface area is 208 Å². The highest BCUT2D eigenvalue weighted by atomic mass is 32.2. The molecule has 0 amide bonds. The van der Waals surface area contributed by atoms with Crippen molar-refractivity contribution in [1.29, 1.82) is 0 Å². The molecule has 192 valence electrons. The first kappa shape index (κ1) is 27.1. The fraction of sp³-hybridized carbons (Fsp3) is 0.269. The second kappa shape index (κ2) is 11.0. The van der Waals surface area contributed by atoms with E-state index in [-0.39, 0.29) is 23.6 Å². The maximum atomic E-state index is 13.4. The second-order valence-electron chi connectivity index (χ2n) is 7.81. The highest BCUT2D eigenvalue weighted by molar-refractivity contribution is 7.92. The molecule has 36 heavy (non-hydrogen) atoms. The largest absolute Gasteiger partial charge is 0.489 e. The number of anilines is 1. The van der Waals surface area contributed by atoms with Crippen LogP contribution in [0, 0.1) is 0 Å². The molecule has 6 nitrogen and oxygen atoms in total. The van der Waals surface area contributed by atoms with Gasteiger partial charge in [-0.15, -0.1) is 0 Å². The summed E-state index contributed by atoms with van der Waals surface area (Å²) in [5.74, 6) is -0.186. The van der Waals surface area contributed by atoms with Crippen molar-refractivity contribution in [3.63, 3.8) is 0 Å². The highest BCUT2D eigenvalue weighted by Gasteiger charge is 2.30. The topological polar surface area (TPSA) is 72.9 Å². The molecule has 0 saturated heterocycles. The van der Waals surface area contributed by atoms with Gasteiger partial charge >= 0.3 is 12.1 Å². The minimum atomic E-state index is -4.40. The zero-order chi connectivity index (χ0) is 26.5. The van der Waals surface area contributed by atoms with Crippen molar-refractivity contribution in [3.8, 4) is 5.75 Å². The van der Waals surface area contributed by atoms with Crippen LogP contribution in [-0.4, -0.2) is 28.0 Å². The lowest BCUT2D eigenvalue weighted by atomic mass is 10.1. The molecular formula is C26H26F3NO5S. The van der Waals surface area contributed by atoms with Gasteiger partial charge in [-0.2, -0.15) is 13.2 Å². The summed E-state index contributed by atoms with van der Waals surface area (Å²) >= 11 is 0. The van der Waals surface area contributed by atoms with Crippen LogP contribution in [0.1, 0.15) is 40.9 Å². The molecule has 0 atom stereocenters. The van der Waals surface area contributed by atoms with E-state index in [9.17, 15) is 26.4 Å². The van der Waals surface area contributed by atoms with Crippen molar-refractivity contribution in [3.05, 3.63) is 89.0 Å². The van der Waals surface area contributed by atoms with Gasteiger partial charge in [0.2, 0.25) is 0 Å². The molecule has 0 radical (unpaired) electrons. The van der Waals surface area contributed by atoms with Crippen LogP contribution in [0.4, 0.5) is 18.9 Å². The summed E-state index contributed by atoms with van der Waals surface area (Å²) < 4.78 is 76.5. The molecule has 3 rings (SSSR count). The molecule has 0 saturated carbocycles. The van der Waals surface area contributed by atoms with Gasteiger partial charge < -0.3 is 9.47 Å². The number of carbonyl (C=O) groups is 1. The van der Waals surface area contributed by atoms with Crippen molar-refractivity contribution in [2.75, 3.05) is 18.0 Å². The van der Waals surface area contributed by atoms with Crippen molar-refractivity contribution in [2.24, 2.45) is 0 Å². The Bertz CT molecular complexity index is 1300. The zero-order valence-electron chi connectivity index (χ0n) is 20.0. The monoisotopic (exact) mass is 521 g/mol. The van der Waals surface area contributed by atoms with E-state index in [2.05, 4.69) is 0 Å². The number of aryl methyl sites for hydroxylation is 1. The van der Waals surface area contributed by atoms with Crippen LogP contribution in [0.15, 0.2) is 71.6 Å². The number of carbonyl (C=O) groups excluding carboxylic acids is 1. The lowest BCUT2D eigenvalue weighted by molar-refractivity contribution is -0.137. The summed E-state index contributed by atoms with van der Waals surface area (Å²) in [6.07, 6.45) is -3.87. The number of methoxy groups -OCH3 is 1. The van der Waals surface area contributed by atoms with Gasteiger partial charge in [-0.1, -0.05) is 25.1 Å². The normalized spacial score (nSPS) is 11.7. The molecule has 0 fully saturated rings. The van der Waals surface area contributed by atoms with E-state index in [0.717, 1.165) is 12.1 Å². The summed E-state index contributed by atoms with van der Waals surface area (Å²) in [7, 11) is -2.75. The Kier molecular flexibility index (Phi) is 8.29. The minimum absolute atomic E-state index is 0.0374. The van der Waals surface area contributed by atoms with Crippen LogP contribution >= 0.6 is 0 Å². The number of esters is 1. The molecule has 3 aromatic carbocycles. The van der Waals surface area contributed by atoms with Crippen molar-refractivity contribution < 1.29 is 35.9 Å². The number of hydrogen-bond acceptors (Lipinski definition) is 5. The van der Waals surface area contributed by atoms with E-state index in [0.29, 0.717) is 29.0 Å². The van der Waals surface area contributed by atoms with Crippen LogP contribution in [0.5, 0.6) is 5.75 Å². The fourth-order valence-electron chi connectivity index (χ4n) is 3.61. The molecule has 0 aliphatic heterocycles. The Morgan fingerprint density at radius 2 is 1.58 bits per heavy atom. The first-order chi connectivity index (χ1) is 17.0. The highest BCUT2D eigenvalue weighted by Crippen LogP contribution is 2.30. The lowest BCUT2D eigenvalue weighted by Crippen LogP contribution is -2.31. The zero-order valence-corrected chi connectivity index (χ0v) is 20.8. The summed E-state index contributed by atoms with van der Waals surface area (Å²) in [6, 6.07) is 15.4. The van der Waals surface area contributed by atoms with Gasteiger partial charge in [0.25, 0.3) is 10.0 Å². The van der Waals surface area contributed by atoms with E-state index in [4.69, 9.17) is 9.47 Å². The Morgan fingerprint density at radius 1 is 0.944 bits per heavy atom. The van der Waals surface area contributed by atoms with Crippen LogP contribution in [0.3, 0.4) is 0 Å². The van der Waals surface area contributed by atoms with Crippen LogP contribution in [-0.2, 0) is 34.0 Å². The van der Waals surface area contributed by atoms with Gasteiger partial charge in [0, 0.05) is 6.54 Å². The molecule has 10 heteroatoms. The summed E-state index contributed by atoms with van der Waals surface area (Å²) in [5.41, 5.74) is 1.09. The number of rotatable bonds is 9. The first-order valence-electron chi connectivity index (χ1n) is 11.1. The van der Waals surface area contributed by atoms with Gasteiger partial charge in [0.15, 0.2) is 0 Å². The second-order valence-corrected chi connectivity index (χ2v) is 9.67. The number of alkyl halides is 3. The van der Waals surface area contributed by atoms with E-state index in [1.807, 2.05) is 6.92 Å². The number of halogens is 3. The number of nitrogens with zero attached hydrogens (tertiary/aromatic N) is 1. The molecular weight excluding hydrogens is 495 g/mol. The average molecular weight is 522 g/mol. The maximum Gasteiger partial charge on any atom is 0.416 e. The molecule has 0 aromatic heterocycles. The first-order valence-corrected chi connectivity index (χ1v) is 12.6. The van der Waals surface area contributed by atoms with Crippen molar-refractivity contribution >= 4 is 21.7 Å². The van der Waals surface area contributed by atoms with E-state index in [1.54, 1.807) is 37.3 Å². The molecule has 0 aliphatic rings. The average Bonchev–Trinajstić information content (AvgIpc) is 2.87. The fourth-order valence-corrected chi connectivity index (χ4v) is 5.11. The number of hydrogen-bond donors (Lipinski definition) is 0. The van der Waals surface area contributed by atoms with Crippen molar-refractivity contribution in [1.82, 2.24) is 0 Å². The molecule has 0 N–H and O–H groups in total. The maximum absolute atomic E-state index is 13.4. The third-order valence-corrected chi connectivity index (χ3v) is 7.45. The standard InChI is InChI=1S/C26H26F3NO5S/c1-4-19-8-15-23(16-24(19)25(31)34-3)36(32,33)30(5-2)21-11-13-22(14-12-21)35-17-18-6-9-20(10-7-18)26(27,28)29/h6-16H,4-5,17H2,1-3H3. The van der Waals surface area contributed by atoms with Gasteiger partial charge in [0.1, 0.15) is 12.4 Å². The number of benzene rings is 3. The van der Waals surface area contributed by atoms with Gasteiger partial charge in [-0.05, 0) is 73.0 Å². The molecule has 0 unspecified atom stereocenters. The molecule has 3 aromatic rings. The minimum Gasteiger partial charge on any atom is -0.489 e. The summed E-state index contributed by atoms with van der Waals surface area (Å²) in [6.45, 7) is 3.73. The quantitative estimate of drug-likeness (QED) is 0.331. The Morgan fingerprint density at radius 3 is 2.11 bits per heavy atom. The molecule has 0 aliphatic carbocycles. The van der Waals surface area contributed by atoms with E-state index < -0.39 is 27.7 Å². The van der Waals surface area contributed by atoms with E-state index >= 15 is 0 Å². The molecule has 0 bridgehead atoms. The van der Waals surface area contributed by atoms with Gasteiger partial charge in [-0.25, -0.2) is 13.2 Å². The number of ether oxygens (including phenoxy) is 2. The van der Waals surface area contributed by atoms with Gasteiger partial charge in [0.05, 0.1) is 28.8 Å². The summed E-state index contributed by atoms with van der Waals surface area (Å²) in [5, 5.41) is 0. The van der Waals surface area contributed by atoms with Gasteiger partial charge in [-0.3, -0.25) is 4.31 Å².